The first kappa shape index (κ1) is 9.71. The van der Waals surface area contributed by atoms with E-state index in [1.54, 1.807) is 6.07 Å². The number of rotatable bonds is 4. The van der Waals surface area contributed by atoms with Gasteiger partial charge in [-0.2, -0.15) is 17.3 Å². The molecule has 0 atom stereocenters. The average Bonchev–Trinajstić information content (AvgIpc) is 1.78. The molecule has 0 radical (unpaired) electrons. The van der Waals surface area contributed by atoms with Crippen LogP contribution in [0.4, 0.5) is 0 Å². The van der Waals surface area contributed by atoms with Crippen molar-refractivity contribution in [2.75, 3.05) is 5.75 Å². The molecule has 0 fully saturated rings. The van der Waals surface area contributed by atoms with Crippen LogP contribution in [0.1, 0.15) is 6.42 Å². The zero-order valence-electron chi connectivity index (χ0n) is 4.85. The molecule has 7 heteroatoms. The van der Waals surface area contributed by atoms with E-state index in [9.17, 15) is 8.42 Å². The molecule has 0 unspecified atom stereocenters. The minimum atomic E-state index is -4.35. The Hall–Kier alpha value is -0.290. The molecular weight excluding hydrogens is 178 g/mol. The first-order chi connectivity index (χ1) is 4.56. The van der Waals surface area contributed by atoms with E-state index in [1.165, 1.54) is 0 Å². The Morgan fingerprint density at radius 2 is 2.30 bits per heavy atom. The highest BCUT2D eigenvalue weighted by molar-refractivity contribution is 8.02. The summed E-state index contributed by atoms with van der Waals surface area (Å²) in [4.78, 5) is 0. The summed E-state index contributed by atoms with van der Waals surface area (Å²) in [6, 6.07) is 1.78. The molecule has 0 aliphatic carbocycles. The Kier molecular flexibility index (Phi) is 4.38. The van der Waals surface area contributed by atoms with Gasteiger partial charge in [-0.1, -0.05) is 0 Å². The van der Waals surface area contributed by atoms with Crippen molar-refractivity contribution in [3.05, 3.63) is 0 Å². The quantitative estimate of drug-likeness (QED) is 0.385. The molecule has 0 aromatic heterocycles. The smallest absolute Gasteiger partial charge is 0.263 e. The molecule has 1 N–H and O–H groups in total. The van der Waals surface area contributed by atoms with Crippen LogP contribution in [0.25, 0.3) is 0 Å². The first-order valence-electron chi connectivity index (χ1n) is 2.22. The van der Waals surface area contributed by atoms with Gasteiger partial charge in [-0.3, -0.25) is 4.55 Å². The van der Waals surface area contributed by atoms with E-state index in [0.717, 1.165) is 0 Å². The maximum absolute atomic E-state index is 9.82. The number of hydrogen-bond donors (Lipinski definition) is 1. The van der Waals surface area contributed by atoms with Gasteiger partial charge in [-0.05, 0) is 0 Å². The molecule has 58 valence electrons. The molecule has 0 heterocycles. The van der Waals surface area contributed by atoms with Crippen LogP contribution in [-0.4, -0.2) is 18.7 Å². The molecule has 0 rings (SSSR count). The van der Waals surface area contributed by atoms with Crippen molar-refractivity contribution >= 4 is 22.4 Å². The van der Waals surface area contributed by atoms with Crippen molar-refractivity contribution in [2.24, 2.45) is 0 Å². The normalized spacial score (nSPS) is 10.8. The minimum Gasteiger partial charge on any atom is -0.263 e. The van der Waals surface area contributed by atoms with E-state index in [0.29, 0.717) is 12.0 Å². The second kappa shape index (κ2) is 4.51. The number of nitrogens with zero attached hydrogens (tertiary/aromatic N) is 1. The second-order valence-electron chi connectivity index (χ2n) is 1.23. The molecule has 10 heavy (non-hydrogen) atoms. The summed E-state index contributed by atoms with van der Waals surface area (Å²) in [5, 5.41) is 7.96. The van der Waals surface area contributed by atoms with Crippen LogP contribution < -0.4 is 0 Å². The first-order valence-corrected chi connectivity index (χ1v) is 4.49. The van der Waals surface area contributed by atoms with Crippen LogP contribution in [0.3, 0.4) is 0 Å². The van der Waals surface area contributed by atoms with Gasteiger partial charge in [0, 0.05) is 24.2 Å². The predicted molar refractivity (Wildman–Crippen MR) is 35.3 cm³/mol. The van der Waals surface area contributed by atoms with Gasteiger partial charge in [-0.15, -0.1) is 0 Å². The maximum Gasteiger partial charge on any atom is 0.408 e. The molecule has 0 bridgehead atoms. The van der Waals surface area contributed by atoms with Gasteiger partial charge in [0.25, 0.3) is 0 Å². The third kappa shape index (κ3) is 7.71. The van der Waals surface area contributed by atoms with Gasteiger partial charge < -0.3 is 0 Å². The lowest BCUT2D eigenvalue weighted by molar-refractivity contribution is 0.407. The van der Waals surface area contributed by atoms with E-state index in [-0.39, 0.29) is 12.2 Å². The number of hydrogen-bond acceptors (Lipinski definition) is 5. The lowest BCUT2D eigenvalue weighted by Crippen LogP contribution is -1.97. The van der Waals surface area contributed by atoms with Crippen molar-refractivity contribution in [3.8, 4) is 6.07 Å². The molecule has 0 aliphatic heterocycles. The van der Waals surface area contributed by atoms with Crippen molar-refractivity contribution in [3.63, 3.8) is 0 Å². The SMILES string of the molecule is N#CCCSOS(=O)(=O)O. The molecule has 0 aromatic carbocycles. The molecule has 0 saturated heterocycles. The predicted octanol–water partition coefficient (Wildman–Crippen LogP) is 0.368. The van der Waals surface area contributed by atoms with E-state index < -0.39 is 10.4 Å². The third-order valence-electron chi connectivity index (χ3n) is 0.431. The summed E-state index contributed by atoms with van der Waals surface area (Å²) in [6.07, 6.45) is 0.181. The maximum atomic E-state index is 9.82. The topological polar surface area (TPSA) is 87.4 Å². The summed E-state index contributed by atoms with van der Waals surface area (Å²) >= 11 is 0.524. The Morgan fingerprint density at radius 3 is 2.70 bits per heavy atom. The largest absolute Gasteiger partial charge is 0.408 e. The van der Waals surface area contributed by atoms with Gasteiger partial charge in [0.2, 0.25) is 0 Å². The molecule has 0 spiro atoms. The average molecular weight is 183 g/mol. The fourth-order valence-electron chi connectivity index (χ4n) is 0.182. The van der Waals surface area contributed by atoms with Crippen LogP contribution in [0, 0.1) is 11.3 Å². The molecule has 0 aliphatic rings. The van der Waals surface area contributed by atoms with Gasteiger partial charge >= 0.3 is 10.4 Å². The highest BCUT2D eigenvalue weighted by Crippen LogP contribution is 2.06. The lowest BCUT2D eigenvalue weighted by atomic mass is 10.6. The Bertz CT molecular complexity index is 215. The summed E-state index contributed by atoms with van der Waals surface area (Å²) in [6.45, 7) is 0. The van der Waals surface area contributed by atoms with Crippen LogP contribution >= 0.6 is 12.0 Å². The van der Waals surface area contributed by atoms with Crippen molar-refractivity contribution < 1.29 is 16.6 Å². The highest BCUT2D eigenvalue weighted by atomic mass is 32.3. The van der Waals surface area contributed by atoms with Crippen molar-refractivity contribution in [1.82, 2.24) is 0 Å². The standard InChI is InChI=1S/C3H5NO4S2/c4-2-1-3-9-8-10(5,6)7/h1,3H2,(H,5,6,7). The fraction of sp³-hybridized carbons (Fsp3) is 0.667. The Labute approximate surface area is 63.1 Å². The van der Waals surface area contributed by atoms with Crippen LogP contribution in [-0.2, 0) is 14.0 Å². The van der Waals surface area contributed by atoms with Gasteiger partial charge in [-0.25, -0.2) is 0 Å². The fourth-order valence-corrected chi connectivity index (χ4v) is 1.12. The monoisotopic (exact) mass is 183 g/mol. The zero-order chi connectivity index (χ0) is 8.04. The van der Waals surface area contributed by atoms with Gasteiger partial charge in [0.05, 0.1) is 6.07 Å². The third-order valence-corrected chi connectivity index (χ3v) is 1.87. The molecule has 0 aromatic rings. The number of nitriles is 1. The van der Waals surface area contributed by atoms with E-state index in [1.807, 2.05) is 0 Å². The summed E-state index contributed by atoms with van der Waals surface area (Å²) < 4.78 is 31.4. The van der Waals surface area contributed by atoms with Crippen molar-refractivity contribution in [1.29, 1.82) is 5.26 Å². The summed E-state index contributed by atoms with van der Waals surface area (Å²) in [5.74, 6) is 0.219. The molecule has 0 amide bonds. The lowest BCUT2D eigenvalue weighted by Gasteiger charge is -1.92. The van der Waals surface area contributed by atoms with E-state index in [4.69, 9.17) is 9.81 Å². The Balaban J connectivity index is 3.32. The van der Waals surface area contributed by atoms with Gasteiger partial charge in [0.15, 0.2) is 0 Å². The van der Waals surface area contributed by atoms with Crippen LogP contribution in [0.15, 0.2) is 0 Å². The second-order valence-corrected chi connectivity index (χ2v) is 3.27. The highest BCUT2D eigenvalue weighted by Gasteiger charge is 2.03. The van der Waals surface area contributed by atoms with Crippen LogP contribution in [0.5, 0.6) is 0 Å². The minimum absolute atomic E-state index is 0.181. The van der Waals surface area contributed by atoms with Gasteiger partial charge in [0.1, 0.15) is 0 Å². The van der Waals surface area contributed by atoms with E-state index >= 15 is 0 Å². The Morgan fingerprint density at radius 1 is 1.70 bits per heavy atom. The summed E-state index contributed by atoms with van der Waals surface area (Å²) in [7, 11) is -4.35. The summed E-state index contributed by atoms with van der Waals surface area (Å²) in [5.41, 5.74) is 0. The van der Waals surface area contributed by atoms with Crippen molar-refractivity contribution in [2.45, 2.75) is 6.42 Å². The molecule has 5 nitrogen and oxygen atoms in total. The molecule has 0 saturated carbocycles. The van der Waals surface area contributed by atoms with Crippen LogP contribution in [0.2, 0.25) is 0 Å². The molecular formula is C3H5NO4S2. The van der Waals surface area contributed by atoms with E-state index in [2.05, 4.69) is 3.63 Å². The zero-order valence-corrected chi connectivity index (χ0v) is 6.48.